The van der Waals surface area contributed by atoms with Crippen molar-refractivity contribution in [2.75, 3.05) is 11.9 Å². The summed E-state index contributed by atoms with van der Waals surface area (Å²) in [6.45, 7) is 3.38. The van der Waals surface area contributed by atoms with Gasteiger partial charge >= 0.3 is 0 Å². The average Bonchev–Trinajstić information content (AvgIpc) is 2.72. The summed E-state index contributed by atoms with van der Waals surface area (Å²) >= 11 is 6.02. The standard InChI is InChI=1S/C22H21ClN2O4/c1-2-28-22-13-16(14-24-19-7-9-20(10-8-19)25(26)27)6-11-21(22)29-15-17-4-3-5-18(23)12-17/h3-13,24H,2,14-15H2,1H3. The minimum atomic E-state index is -0.416. The molecule has 3 aromatic carbocycles. The van der Waals surface area contributed by atoms with E-state index in [1.807, 2.05) is 49.4 Å². The van der Waals surface area contributed by atoms with E-state index in [1.165, 1.54) is 12.1 Å². The molecule has 7 heteroatoms. The van der Waals surface area contributed by atoms with Gasteiger partial charge in [-0.25, -0.2) is 0 Å². The second-order valence-corrected chi connectivity index (χ2v) is 6.73. The summed E-state index contributed by atoms with van der Waals surface area (Å²) in [5, 5.41) is 14.7. The monoisotopic (exact) mass is 412 g/mol. The van der Waals surface area contributed by atoms with Crippen LogP contribution in [0.15, 0.2) is 66.7 Å². The Labute approximate surface area is 174 Å². The molecule has 150 valence electrons. The first-order valence-electron chi connectivity index (χ1n) is 9.16. The molecule has 1 N–H and O–H groups in total. The third-order valence-electron chi connectivity index (χ3n) is 4.17. The van der Waals surface area contributed by atoms with Gasteiger partial charge < -0.3 is 14.8 Å². The van der Waals surface area contributed by atoms with E-state index in [2.05, 4.69) is 5.32 Å². The zero-order valence-electron chi connectivity index (χ0n) is 15.9. The number of nitrogens with one attached hydrogen (secondary N) is 1. The third kappa shape index (κ3) is 5.86. The fourth-order valence-electron chi connectivity index (χ4n) is 2.74. The van der Waals surface area contributed by atoms with E-state index in [0.717, 1.165) is 16.8 Å². The summed E-state index contributed by atoms with van der Waals surface area (Å²) in [6.07, 6.45) is 0. The summed E-state index contributed by atoms with van der Waals surface area (Å²) < 4.78 is 11.6. The van der Waals surface area contributed by atoms with Crippen molar-refractivity contribution in [3.05, 3.63) is 93.0 Å². The van der Waals surface area contributed by atoms with Crippen molar-refractivity contribution < 1.29 is 14.4 Å². The van der Waals surface area contributed by atoms with Crippen LogP contribution in [0.1, 0.15) is 18.1 Å². The molecule has 0 spiro atoms. The molecule has 0 saturated heterocycles. The predicted octanol–water partition coefficient (Wildman–Crippen LogP) is 5.84. The van der Waals surface area contributed by atoms with Gasteiger partial charge in [0.25, 0.3) is 5.69 Å². The van der Waals surface area contributed by atoms with E-state index >= 15 is 0 Å². The number of hydrogen-bond donors (Lipinski definition) is 1. The summed E-state index contributed by atoms with van der Waals surface area (Å²) in [4.78, 5) is 10.3. The zero-order valence-corrected chi connectivity index (χ0v) is 16.7. The van der Waals surface area contributed by atoms with Crippen molar-refractivity contribution in [2.24, 2.45) is 0 Å². The van der Waals surface area contributed by atoms with Crippen LogP contribution in [0.25, 0.3) is 0 Å². The van der Waals surface area contributed by atoms with Crippen LogP contribution >= 0.6 is 11.6 Å². The fourth-order valence-corrected chi connectivity index (χ4v) is 2.96. The average molecular weight is 413 g/mol. The molecule has 0 aromatic heterocycles. The van der Waals surface area contributed by atoms with Crippen molar-refractivity contribution in [2.45, 2.75) is 20.1 Å². The topological polar surface area (TPSA) is 73.6 Å². The van der Waals surface area contributed by atoms with Crippen LogP contribution in [0.4, 0.5) is 11.4 Å². The van der Waals surface area contributed by atoms with Gasteiger partial charge in [0.2, 0.25) is 0 Å². The Morgan fingerprint density at radius 1 is 0.966 bits per heavy atom. The van der Waals surface area contributed by atoms with Gasteiger partial charge in [-0.2, -0.15) is 0 Å². The third-order valence-corrected chi connectivity index (χ3v) is 4.40. The maximum atomic E-state index is 10.7. The number of ether oxygens (including phenoxy) is 2. The van der Waals surface area contributed by atoms with Gasteiger partial charge in [0.1, 0.15) is 6.61 Å². The van der Waals surface area contributed by atoms with Crippen molar-refractivity contribution in [3.63, 3.8) is 0 Å². The summed E-state index contributed by atoms with van der Waals surface area (Å²) in [5.74, 6) is 1.32. The van der Waals surface area contributed by atoms with Crippen LogP contribution in [0, 0.1) is 10.1 Å². The molecule has 3 rings (SSSR count). The number of hydrogen-bond acceptors (Lipinski definition) is 5. The predicted molar refractivity (Wildman–Crippen MR) is 114 cm³/mol. The number of nitro groups is 1. The molecular weight excluding hydrogens is 392 g/mol. The first-order chi connectivity index (χ1) is 14.0. The molecule has 0 amide bonds. The molecule has 0 fully saturated rings. The van der Waals surface area contributed by atoms with Gasteiger partial charge in [-0.3, -0.25) is 10.1 Å². The second-order valence-electron chi connectivity index (χ2n) is 6.29. The zero-order chi connectivity index (χ0) is 20.6. The highest BCUT2D eigenvalue weighted by atomic mass is 35.5. The summed E-state index contributed by atoms with van der Waals surface area (Å²) in [5.41, 5.74) is 2.84. The van der Waals surface area contributed by atoms with Crippen LogP contribution in [-0.4, -0.2) is 11.5 Å². The van der Waals surface area contributed by atoms with E-state index in [0.29, 0.717) is 36.3 Å². The lowest BCUT2D eigenvalue weighted by molar-refractivity contribution is -0.384. The van der Waals surface area contributed by atoms with Crippen LogP contribution in [0.3, 0.4) is 0 Å². The molecule has 0 bridgehead atoms. The van der Waals surface area contributed by atoms with Crippen LogP contribution < -0.4 is 14.8 Å². The Kier molecular flexibility index (Phi) is 6.92. The quantitative estimate of drug-likeness (QED) is 0.353. The summed E-state index contributed by atoms with van der Waals surface area (Å²) in [7, 11) is 0. The highest BCUT2D eigenvalue weighted by molar-refractivity contribution is 6.30. The second kappa shape index (κ2) is 9.80. The van der Waals surface area contributed by atoms with Crippen LogP contribution in [0.5, 0.6) is 11.5 Å². The molecule has 0 aliphatic heterocycles. The van der Waals surface area contributed by atoms with Gasteiger partial charge in [0.05, 0.1) is 11.5 Å². The van der Waals surface area contributed by atoms with E-state index in [-0.39, 0.29) is 5.69 Å². The molecule has 29 heavy (non-hydrogen) atoms. The van der Waals surface area contributed by atoms with Gasteiger partial charge in [0, 0.05) is 29.4 Å². The number of nitrogens with zero attached hydrogens (tertiary/aromatic N) is 1. The largest absolute Gasteiger partial charge is 0.490 e. The van der Waals surface area contributed by atoms with Gasteiger partial charge in [-0.1, -0.05) is 29.8 Å². The molecule has 6 nitrogen and oxygen atoms in total. The number of nitro benzene ring substituents is 1. The van der Waals surface area contributed by atoms with Gasteiger partial charge in [-0.15, -0.1) is 0 Å². The Balaban J connectivity index is 1.65. The lowest BCUT2D eigenvalue weighted by Gasteiger charge is -2.14. The number of benzene rings is 3. The van der Waals surface area contributed by atoms with Crippen molar-refractivity contribution in [1.29, 1.82) is 0 Å². The van der Waals surface area contributed by atoms with E-state index in [9.17, 15) is 10.1 Å². The lowest BCUT2D eigenvalue weighted by atomic mass is 10.2. The van der Waals surface area contributed by atoms with Gasteiger partial charge in [-0.05, 0) is 54.4 Å². The van der Waals surface area contributed by atoms with Gasteiger partial charge in [0.15, 0.2) is 11.5 Å². The van der Waals surface area contributed by atoms with E-state index in [1.54, 1.807) is 12.1 Å². The molecule has 3 aromatic rings. The molecule has 0 atom stereocenters. The molecule has 0 heterocycles. The fraction of sp³-hybridized carbons (Fsp3) is 0.182. The molecule has 0 unspecified atom stereocenters. The lowest BCUT2D eigenvalue weighted by Crippen LogP contribution is -2.03. The molecule has 0 aliphatic rings. The molecule has 0 saturated carbocycles. The maximum absolute atomic E-state index is 10.7. The number of non-ortho nitro benzene ring substituents is 1. The number of anilines is 1. The Morgan fingerprint density at radius 2 is 1.76 bits per heavy atom. The minimum absolute atomic E-state index is 0.0652. The number of rotatable bonds is 9. The van der Waals surface area contributed by atoms with Crippen molar-refractivity contribution in [3.8, 4) is 11.5 Å². The summed E-state index contributed by atoms with van der Waals surface area (Å²) in [6, 6.07) is 19.6. The minimum Gasteiger partial charge on any atom is -0.490 e. The first-order valence-corrected chi connectivity index (χ1v) is 9.54. The van der Waals surface area contributed by atoms with Crippen LogP contribution in [-0.2, 0) is 13.2 Å². The van der Waals surface area contributed by atoms with Crippen molar-refractivity contribution in [1.82, 2.24) is 0 Å². The van der Waals surface area contributed by atoms with Crippen molar-refractivity contribution >= 4 is 23.0 Å². The Hall–Kier alpha value is -3.25. The normalized spacial score (nSPS) is 10.4. The van der Waals surface area contributed by atoms with E-state index in [4.69, 9.17) is 21.1 Å². The highest BCUT2D eigenvalue weighted by Gasteiger charge is 2.08. The Bertz CT molecular complexity index is 977. The highest BCUT2D eigenvalue weighted by Crippen LogP contribution is 2.30. The maximum Gasteiger partial charge on any atom is 0.269 e. The molecule has 0 aliphatic carbocycles. The smallest absolute Gasteiger partial charge is 0.269 e. The Morgan fingerprint density at radius 3 is 2.45 bits per heavy atom. The number of halogens is 1. The van der Waals surface area contributed by atoms with Crippen LogP contribution in [0.2, 0.25) is 5.02 Å². The van der Waals surface area contributed by atoms with E-state index < -0.39 is 4.92 Å². The molecule has 0 radical (unpaired) electrons. The molecular formula is C22H21ClN2O4. The first kappa shape index (κ1) is 20.5. The SMILES string of the molecule is CCOc1cc(CNc2ccc([N+](=O)[O-])cc2)ccc1OCc1cccc(Cl)c1.